The highest BCUT2D eigenvalue weighted by Crippen LogP contribution is 2.04. The number of carbonyl (C=O) groups is 3. The lowest BCUT2D eigenvalue weighted by atomic mass is 10.1. The Morgan fingerprint density at radius 1 is 1.12 bits per heavy atom. The third-order valence-electron chi connectivity index (χ3n) is 3.23. The fourth-order valence-electron chi connectivity index (χ4n) is 1.93. The van der Waals surface area contributed by atoms with Crippen molar-refractivity contribution >= 4 is 24.0 Å². The fourth-order valence-corrected chi connectivity index (χ4v) is 1.93. The molecule has 8 heteroatoms. The third-order valence-corrected chi connectivity index (χ3v) is 3.23. The van der Waals surface area contributed by atoms with Crippen LogP contribution in [0.2, 0.25) is 0 Å². The molecule has 2 N–H and O–H groups in total. The summed E-state index contributed by atoms with van der Waals surface area (Å²) in [4.78, 5) is 34.7. The summed E-state index contributed by atoms with van der Waals surface area (Å²) in [5, 5.41) is 6.11. The van der Waals surface area contributed by atoms with Crippen molar-refractivity contribution in [2.45, 2.75) is 0 Å². The molecule has 0 aliphatic carbocycles. The first kappa shape index (κ1) is 18.8. The number of methoxy groups -OCH3 is 1. The molecule has 26 heavy (non-hydrogen) atoms. The summed E-state index contributed by atoms with van der Waals surface area (Å²) in [5.41, 5.74) is 3.42. The van der Waals surface area contributed by atoms with Gasteiger partial charge in [0.1, 0.15) is 5.82 Å². The van der Waals surface area contributed by atoms with Crippen LogP contribution in [0.25, 0.3) is 0 Å². The molecule has 2 amide bonds. The average molecular weight is 357 g/mol. The Bertz CT molecular complexity index is 835. The monoisotopic (exact) mass is 357 g/mol. The number of hydrazone groups is 1. The van der Waals surface area contributed by atoms with Crippen molar-refractivity contribution in [1.29, 1.82) is 0 Å². The number of ether oxygens (including phenoxy) is 1. The normalized spacial score (nSPS) is 10.4. The van der Waals surface area contributed by atoms with Crippen molar-refractivity contribution in [3.8, 4) is 0 Å². The molecule has 134 valence electrons. The highest BCUT2D eigenvalue weighted by atomic mass is 19.1. The smallest absolute Gasteiger partial charge is 0.337 e. The maximum atomic E-state index is 13.0. The van der Waals surface area contributed by atoms with Crippen LogP contribution in [0.1, 0.15) is 26.3 Å². The summed E-state index contributed by atoms with van der Waals surface area (Å²) < 4.78 is 17.6. The lowest BCUT2D eigenvalue weighted by Crippen LogP contribution is -2.34. The molecule has 0 aromatic heterocycles. The predicted molar refractivity (Wildman–Crippen MR) is 92.3 cm³/mol. The van der Waals surface area contributed by atoms with Gasteiger partial charge in [0.25, 0.3) is 11.8 Å². The van der Waals surface area contributed by atoms with Crippen LogP contribution in [-0.2, 0) is 9.53 Å². The van der Waals surface area contributed by atoms with E-state index >= 15 is 0 Å². The highest BCUT2D eigenvalue weighted by molar-refractivity contribution is 5.96. The number of esters is 1. The molecule has 0 atom stereocenters. The maximum absolute atomic E-state index is 13.0. The molecule has 7 nitrogen and oxygen atoms in total. The third kappa shape index (κ3) is 5.52. The Morgan fingerprint density at radius 3 is 2.50 bits per heavy atom. The summed E-state index contributed by atoms with van der Waals surface area (Å²) >= 11 is 0. The molecular weight excluding hydrogens is 341 g/mol. The molecule has 0 fully saturated rings. The van der Waals surface area contributed by atoms with E-state index < -0.39 is 23.6 Å². The largest absolute Gasteiger partial charge is 0.465 e. The van der Waals surface area contributed by atoms with Crippen molar-refractivity contribution in [3.05, 3.63) is 71.0 Å². The fraction of sp³-hybridized carbons (Fsp3) is 0.111. The lowest BCUT2D eigenvalue weighted by Gasteiger charge is -2.04. The summed E-state index contributed by atoms with van der Waals surface area (Å²) in [6.45, 7) is -0.312. The number of halogens is 1. The molecular formula is C18H16FN3O4. The van der Waals surface area contributed by atoms with Crippen LogP contribution in [0.4, 0.5) is 4.39 Å². The molecule has 0 aliphatic rings. The zero-order chi connectivity index (χ0) is 18.9. The van der Waals surface area contributed by atoms with E-state index in [0.29, 0.717) is 11.1 Å². The number of rotatable bonds is 6. The van der Waals surface area contributed by atoms with Gasteiger partial charge in [-0.15, -0.1) is 0 Å². The summed E-state index contributed by atoms with van der Waals surface area (Å²) in [6, 6.07) is 11.5. The number of amides is 2. The number of benzene rings is 2. The van der Waals surface area contributed by atoms with E-state index in [4.69, 9.17) is 0 Å². The minimum Gasteiger partial charge on any atom is -0.465 e. The van der Waals surface area contributed by atoms with Gasteiger partial charge in [-0.3, -0.25) is 9.59 Å². The Morgan fingerprint density at radius 2 is 1.85 bits per heavy atom. The number of nitrogens with one attached hydrogen (secondary N) is 2. The molecule has 0 radical (unpaired) electrons. The van der Waals surface area contributed by atoms with Crippen LogP contribution < -0.4 is 10.7 Å². The van der Waals surface area contributed by atoms with Gasteiger partial charge in [0, 0.05) is 5.56 Å². The maximum Gasteiger partial charge on any atom is 0.337 e. The Kier molecular flexibility index (Phi) is 6.55. The van der Waals surface area contributed by atoms with Gasteiger partial charge >= 0.3 is 5.97 Å². The zero-order valence-corrected chi connectivity index (χ0v) is 13.9. The first-order chi connectivity index (χ1) is 12.5. The Hall–Kier alpha value is -3.55. The molecule has 0 heterocycles. The highest BCUT2D eigenvalue weighted by Gasteiger charge is 2.08. The van der Waals surface area contributed by atoms with Crippen molar-refractivity contribution in [2.24, 2.45) is 5.10 Å². The zero-order valence-electron chi connectivity index (χ0n) is 13.9. The van der Waals surface area contributed by atoms with Crippen LogP contribution in [0.5, 0.6) is 0 Å². The van der Waals surface area contributed by atoms with Crippen LogP contribution in [0.15, 0.2) is 53.6 Å². The molecule has 0 unspecified atom stereocenters. The quantitative estimate of drug-likeness (QED) is 0.465. The van der Waals surface area contributed by atoms with Gasteiger partial charge in [0.2, 0.25) is 0 Å². The molecule has 0 bridgehead atoms. The number of hydrogen-bond acceptors (Lipinski definition) is 5. The second kappa shape index (κ2) is 9.07. The number of carbonyl (C=O) groups excluding carboxylic acids is 3. The first-order valence-corrected chi connectivity index (χ1v) is 7.53. The van der Waals surface area contributed by atoms with Gasteiger partial charge in [-0.05, 0) is 35.9 Å². The van der Waals surface area contributed by atoms with E-state index in [1.807, 2.05) is 0 Å². The molecule has 2 aromatic carbocycles. The van der Waals surface area contributed by atoms with Crippen molar-refractivity contribution in [3.63, 3.8) is 0 Å². The van der Waals surface area contributed by atoms with E-state index in [0.717, 1.165) is 6.07 Å². The van der Waals surface area contributed by atoms with Gasteiger partial charge in [-0.25, -0.2) is 14.6 Å². The van der Waals surface area contributed by atoms with Crippen LogP contribution in [0, 0.1) is 5.82 Å². The van der Waals surface area contributed by atoms with E-state index in [1.165, 1.54) is 31.5 Å². The van der Waals surface area contributed by atoms with Crippen LogP contribution >= 0.6 is 0 Å². The predicted octanol–water partition coefficient (Wildman–Crippen LogP) is 1.49. The molecule has 2 aromatic rings. The minimum absolute atomic E-state index is 0.118. The summed E-state index contributed by atoms with van der Waals surface area (Å²) in [5.74, 6) is -2.10. The Balaban J connectivity index is 1.80. The number of hydrogen-bond donors (Lipinski definition) is 2. The lowest BCUT2D eigenvalue weighted by molar-refractivity contribution is -0.120. The van der Waals surface area contributed by atoms with Gasteiger partial charge in [0.15, 0.2) is 0 Å². The van der Waals surface area contributed by atoms with Gasteiger partial charge in [0.05, 0.1) is 25.4 Å². The Labute approximate surface area is 148 Å². The molecule has 2 rings (SSSR count). The van der Waals surface area contributed by atoms with Crippen molar-refractivity contribution in [2.75, 3.05) is 13.7 Å². The second-order valence-corrected chi connectivity index (χ2v) is 5.10. The van der Waals surface area contributed by atoms with E-state index in [9.17, 15) is 18.8 Å². The SMILES string of the molecule is COC(=O)c1ccc(/C=N/NC(=O)CNC(=O)c2cccc(F)c2)cc1. The van der Waals surface area contributed by atoms with Gasteiger partial charge < -0.3 is 10.1 Å². The van der Waals surface area contributed by atoms with E-state index in [2.05, 4.69) is 20.6 Å². The topological polar surface area (TPSA) is 96.9 Å². The van der Waals surface area contributed by atoms with E-state index in [1.54, 1.807) is 24.3 Å². The van der Waals surface area contributed by atoms with Crippen LogP contribution in [0.3, 0.4) is 0 Å². The summed E-state index contributed by atoms with van der Waals surface area (Å²) in [7, 11) is 1.29. The van der Waals surface area contributed by atoms with E-state index in [-0.39, 0.29) is 12.1 Å². The van der Waals surface area contributed by atoms with Crippen LogP contribution in [-0.4, -0.2) is 37.7 Å². The second-order valence-electron chi connectivity index (χ2n) is 5.10. The molecule has 0 spiro atoms. The average Bonchev–Trinajstić information content (AvgIpc) is 2.66. The van der Waals surface area contributed by atoms with Crippen molar-refractivity contribution < 1.29 is 23.5 Å². The molecule has 0 aliphatic heterocycles. The molecule has 0 saturated carbocycles. The first-order valence-electron chi connectivity index (χ1n) is 7.53. The van der Waals surface area contributed by atoms with Crippen molar-refractivity contribution in [1.82, 2.24) is 10.7 Å². The molecule has 0 saturated heterocycles. The minimum atomic E-state index is -0.568. The summed E-state index contributed by atoms with van der Waals surface area (Å²) in [6.07, 6.45) is 1.38. The standard InChI is InChI=1S/C18H16FN3O4/c1-26-18(25)13-7-5-12(6-8-13)10-21-22-16(23)11-20-17(24)14-3-2-4-15(19)9-14/h2-10H,11H2,1H3,(H,20,24)(H,22,23)/b21-10+. The number of nitrogens with zero attached hydrogens (tertiary/aromatic N) is 1. The van der Waals surface area contributed by atoms with Gasteiger partial charge in [-0.1, -0.05) is 18.2 Å². The van der Waals surface area contributed by atoms with Gasteiger partial charge in [-0.2, -0.15) is 5.10 Å².